The molecule has 0 aliphatic carbocycles. The Kier molecular flexibility index (Phi) is 7.29. The van der Waals surface area contributed by atoms with Gasteiger partial charge >= 0.3 is 6.18 Å². The highest BCUT2D eigenvalue weighted by Gasteiger charge is 2.34. The Morgan fingerprint density at radius 1 is 1.03 bits per heavy atom. The van der Waals surface area contributed by atoms with E-state index in [1.165, 1.54) is 18.2 Å². The Hall–Kier alpha value is -2.91. The first kappa shape index (κ1) is 22.8. The van der Waals surface area contributed by atoms with Crippen LogP contribution in [-0.4, -0.2) is 47.0 Å². The normalized spacial score (nSPS) is 11.6. The molecule has 0 aliphatic rings. The fourth-order valence-corrected chi connectivity index (χ4v) is 3.07. The molecule has 2 N–H and O–H groups in total. The molecule has 6 nitrogen and oxygen atoms in total. The number of pyridine rings is 1. The third kappa shape index (κ3) is 6.28. The molecule has 0 radical (unpaired) electrons. The summed E-state index contributed by atoms with van der Waals surface area (Å²) in [6.45, 7) is 1.47. The highest BCUT2D eigenvalue weighted by Crippen LogP contribution is 2.39. The van der Waals surface area contributed by atoms with Gasteiger partial charge in [-0.1, -0.05) is 23.7 Å². The van der Waals surface area contributed by atoms with Crippen molar-refractivity contribution in [3.63, 3.8) is 0 Å². The van der Waals surface area contributed by atoms with E-state index in [2.05, 4.69) is 30.5 Å². The molecule has 3 rings (SSSR count). The number of aromatic nitrogens is 3. The standard InChI is InChI=1S/C21H22ClF3N6/c1-31(2)12-6-11-27-20-28-17(16-9-3-4-10-26-16)13-18(30-20)29-19-14(21(23,24)25)7-5-8-15(19)22/h3-5,7-10,13H,6,11-12H2,1-2H3,(H2,27,28,29,30). The lowest BCUT2D eigenvalue weighted by molar-refractivity contribution is -0.136. The lowest BCUT2D eigenvalue weighted by Crippen LogP contribution is -2.17. The maximum atomic E-state index is 13.5. The lowest BCUT2D eigenvalue weighted by Gasteiger charge is -2.17. The lowest BCUT2D eigenvalue weighted by atomic mass is 10.1. The molecule has 0 spiro atoms. The topological polar surface area (TPSA) is 66.0 Å². The van der Waals surface area contributed by atoms with Gasteiger partial charge in [0, 0.05) is 18.8 Å². The van der Waals surface area contributed by atoms with Gasteiger partial charge in [-0.2, -0.15) is 18.2 Å². The number of hydrogen-bond acceptors (Lipinski definition) is 6. The number of alkyl halides is 3. The molecular weight excluding hydrogens is 429 g/mol. The van der Waals surface area contributed by atoms with E-state index in [1.54, 1.807) is 24.4 Å². The minimum atomic E-state index is -4.57. The zero-order chi connectivity index (χ0) is 22.4. The van der Waals surface area contributed by atoms with Crippen LogP contribution in [0.15, 0.2) is 48.7 Å². The maximum absolute atomic E-state index is 13.5. The molecule has 10 heteroatoms. The second-order valence-corrected chi connectivity index (χ2v) is 7.45. The summed E-state index contributed by atoms with van der Waals surface area (Å²) in [7, 11) is 3.95. The second kappa shape index (κ2) is 9.93. The predicted molar refractivity (Wildman–Crippen MR) is 117 cm³/mol. The number of benzene rings is 1. The van der Waals surface area contributed by atoms with Crippen molar-refractivity contribution in [3.8, 4) is 11.4 Å². The summed E-state index contributed by atoms with van der Waals surface area (Å²) in [5, 5.41) is 5.79. The first-order valence-electron chi connectivity index (χ1n) is 9.56. The van der Waals surface area contributed by atoms with E-state index in [0.717, 1.165) is 19.0 Å². The van der Waals surface area contributed by atoms with Gasteiger partial charge in [0.25, 0.3) is 0 Å². The van der Waals surface area contributed by atoms with Crippen molar-refractivity contribution in [2.75, 3.05) is 37.8 Å². The fraction of sp³-hybridized carbons (Fsp3) is 0.286. The van der Waals surface area contributed by atoms with E-state index in [1.807, 2.05) is 14.1 Å². The van der Waals surface area contributed by atoms with Gasteiger partial charge in [0.1, 0.15) is 5.82 Å². The van der Waals surface area contributed by atoms with Crippen molar-refractivity contribution < 1.29 is 13.2 Å². The quantitative estimate of drug-likeness (QED) is 0.453. The molecule has 2 heterocycles. The van der Waals surface area contributed by atoms with Crippen LogP contribution >= 0.6 is 11.6 Å². The van der Waals surface area contributed by atoms with E-state index in [0.29, 0.717) is 17.9 Å². The van der Waals surface area contributed by atoms with Crippen LogP contribution in [0.1, 0.15) is 12.0 Å². The Morgan fingerprint density at radius 3 is 2.52 bits per heavy atom. The number of halogens is 4. The smallest absolute Gasteiger partial charge is 0.354 e. The molecule has 164 valence electrons. The van der Waals surface area contributed by atoms with E-state index in [4.69, 9.17) is 11.6 Å². The molecule has 0 saturated heterocycles. The fourth-order valence-electron chi connectivity index (χ4n) is 2.85. The zero-order valence-corrected chi connectivity index (χ0v) is 17.8. The third-order valence-electron chi connectivity index (χ3n) is 4.29. The van der Waals surface area contributed by atoms with Crippen LogP contribution in [-0.2, 0) is 6.18 Å². The van der Waals surface area contributed by atoms with Gasteiger partial charge in [-0.3, -0.25) is 4.98 Å². The van der Waals surface area contributed by atoms with Crippen molar-refractivity contribution in [2.45, 2.75) is 12.6 Å². The number of rotatable bonds is 8. The van der Waals surface area contributed by atoms with Crippen LogP contribution in [0.5, 0.6) is 0 Å². The number of nitrogens with one attached hydrogen (secondary N) is 2. The summed E-state index contributed by atoms with van der Waals surface area (Å²) in [5.41, 5.74) is -0.104. The summed E-state index contributed by atoms with van der Waals surface area (Å²) in [6, 6.07) is 10.5. The van der Waals surface area contributed by atoms with E-state index in [9.17, 15) is 13.2 Å². The Labute approximate surface area is 183 Å². The Balaban J connectivity index is 1.95. The van der Waals surface area contributed by atoms with Crippen LogP contribution < -0.4 is 10.6 Å². The van der Waals surface area contributed by atoms with Gasteiger partial charge in [-0.05, 0) is 51.3 Å². The highest BCUT2D eigenvalue weighted by molar-refractivity contribution is 6.33. The first-order chi connectivity index (χ1) is 14.7. The number of para-hydroxylation sites is 1. The second-order valence-electron chi connectivity index (χ2n) is 7.05. The molecule has 0 aliphatic heterocycles. The predicted octanol–water partition coefficient (Wildman–Crippen LogP) is 5.32. The average Bonchev–Trinajstić information content (AvgIpc) is 2.72. The summed E-state index contributed by atoms with van der Waals surface area (Å²) in [6.07, 6.45) is -2.11. The minimum absolute atomic E-state index is 0.0617. The van der Waals surface area contributed by atoms with E-state index in [-0.39, 0.29) is 22.5 Å². The maximum Gasteiger partial charge on any atom is 0.418 e. The average molecular weight is 451 g/mol. The molecular formula is C21H22ClF3N6. The molecule has 31 heavy (non-hydrogen) atoms. The Bertz CT molecular complexity index is 1010. The highest BCUT2D eigenvalue weighted by atomic mass is 35.5. The van der Waals surface area contributed by atoms with Crippen LogP contribution in [0.25, 0.3) is 11.4 Å². The molecule has 0 unspecified atom stereocenters. The van der Waals surface area contributed by atoms with Crippen molar-refractivity contribution in [3.05, 3.63) is 59.2 Å². The molecule has 2 aromatic heterocycles. The van der Waals surface area contributed by atoms with Crippen molar-refractivity contribution in [2.24, 2.45) is 0 Å². The van der Waals surface area contributed by atoms with Gasteiger partial charge in [0.05, 0.1) is 27.7 Å². The first-order valence-corrected chi connectivity index (χ1v) is 9.93. The van der Waals surface area contributed by atoms with Crippen molar-refractivity contribution in [1.29, 1.82) is 0 Å². The molecule has 0 saturated carbocycles. The van der Waals surface area contributed by atoms with Gasteiger partial charge in [-0.15, -0.1) is 0 Å². The SMILES string of the molecule is CN(C)CCCNc1nc(Nc2c(Cl)cccc2C(F)(F)F)cc(-c2ccccn2)n1. The minimum Gasteiger partial charge on any atom is -0.354 e. The van der Waals surface area contributed by atoms with Crippen LogP contribution in [0.4, 0.5) is 30.6 Å². The van der Waals surface area contributed by atoms with Gasteiger partial charge < -0.3 is 15.5 Å². The molecule has 0 fully saturated rings. The van der Waals surface area contributed by atoms with Gasteiger partial charge in [0.15, 0.2) is 0 Å². The molecule has 1 aromatic carbocycles. The third-order valence-corrected chi connectivity index (χ3v) is 4.61. The monoisotopic (exact) mass is 450 g/mol. The molecule has 0 amide bonds. The number of anilines is 3. The van der Waals surface area contributed by atoms with Crippen molar-refractivity contribution >= 4 is 29.1 Å². The van der Waals surface area contributed by atoms with Gasteiger partial charge in [-0.25, -0.2) is 4.98 Å². The van der Waals surface area contributed by atoms with E-state index < -0.39 is 11.7 Å². The number of hydrogen-bond donors (Lipinski definition) is 2. The van der Waals surface area contributed by atoms with Crippen LogP contribution in [0, 0.1) is 0 Å². The number of nitrogens with zero attached hydrogens (tertiary/aromatic N) is 4. The summed E-state index contributed by atoms with van der Waals surface area (Å²) < 4.78 is 40.4. The summed E-state index contributed by atoms with van der Waals surface area (Å²) in [5.74, 6) is 0.453. The van der Waals surface area contributed by atoms with Crippen LogP contribution in [0.2, 0.25) is 5.02 Å². The molecule has 0 atom stereocenters. The Morgan fingerprint density at radius 2 is 1.84 bits per heavy atom. The van der Waals surface area contributed by atoms with Gasteiger partial charge in [0.2, 0.25) is 5.95 Å². The molecule has 3 aromatic rings. The van der Waals surface area contributed by atoms with Crippen molar-refractivity contribution in [1.82, 2.24) is 19.9 Å². The summed E-state index contributed by atoms with van der Waals surface area (Å²) in [4.78, 5) is 15.1. The summed E-state index contributed by atoms with van der Waals surface area (Å²) >= 11 is 6.08. The van der Waals surface area contributed by atoms with Crippen LogP contribution in [0.3, 0.4) is 0 Å². The molecule has 0 bridgehead atoms. The largest absolute Gasteiger partial charge is 0.418 e. The van der Waals surface area contributed by atoms with E-state index >= 15 is 0 Å². The zero-order valence-electron chi connectivity index (χ0n) is 17.0.